The first-order valence-electron chi connectivity index (χ1n) is 6.42. The second kappa shape index (κ2) is 7.80. The highest BCUT2D eigenvalue weighted by Crippen LogP contribution is 2.31. The van der Waals surface area contributed by atoms with Crippen LogP contribution in [0.15, 0.2) is 18.2 Å². The largest absolute Gasteiger partial charge is 0.573 e. The molecule has 1 heterocycles. The SMILES string of the molecule is CC(C)NCC(=O)Nc1nc2ccc(OC(F)(F)F)cc2s1.Cl. The number of aromatic nitrogens is 1. The van der Waals surface area contributed by atoms with Gasteiger partial charge in [-0.25, -0.2) is 4.98 Å². The number of nitrogens with one attached hydrogen (secondary N) is 2. The Morgan fingerprint density at radius 2 is 2.09 bits per heavy atom. The predicted octanol–water partition coefficient (Wildman–Crippen LogP) is 3.55. The monoisotopic (exact) mass is 369 g/mol. The highest BCUT2D eigenvalue weighted by atomic mass is 35.5. The molecule has 0 unspecified atom stereocenters. The smallest absolute Gasteiger partial charge is 0.406 e. The van der Waals surface area contributed by atoms with Gasteiger partial charge in [0, 0.05) is 12.1 Å². The van der Waals surface area contributed by atoms with Crippen LogP contribution in [0.1, 0.15) is 13.8 Å². The Kier molecular flexibility index (Phi) is 6.60. The van der Waals surface area contributed by atoms with Gasteiger partial charge in [-0.3, -0.25) is 4.79 Å². The zero-order valence-electron chi connectivity index (χ0n) is 12.2. The van der Waals surface area contributed by atoms with Crippen molar-refractivity contribution in [3.63, 3.8) is 0 Å². The third-order valence-corrected chi connectivity index (χ3v) is 3.44. The van der Waals surface area contributed by atoms with Crippen molar-refractivity contribution in [3.8, 4) is 5.75 Å². The van der Waals surface area contributed by atoms with E-state index in [2.05, 4.69) is 20.4 Å². The Bertz CT molecular complexity index is 676. The van der Waals surface area contributed by atoms with Crippen molar-refractivity contribution in [2.75, 3.05) is 11.9 Å². The average molecular weight is 370 g/mol. The molecule has 0 saturated carbocycles. The Morgan fingerprint density at radius 3 is 2.70 bits per heavy atom. The van der Waals surface area contributed by atoms with Crippen LogP contribution >= 0.6 is 23.7 Å². The molecule has 2 rings (SSSR count). The maximum absolute atomic E-state index is 12.2. The second-order valence-electron chi connectivity index (χ2n) is 4.78. The zero-order chi connectivity index (χ0) is 16.3. The number of fused-ring (bicyclic) bond motifs is 1. The number of rotatable bonds is 5. The fraction of sp³-hybridized carbons (Fsp3) is 0.385. The summed E-state index contributed by atoms with van der Waals surface area (Å²) in [5.41, 5.74) is 0.492. The van der Waals surface area contributed by atoms with Crippen LogP contribution in [0.5, 0.6) is 5.75 Å². The summed E-state index contributed by atoms with van der Waals surface area (Å²) in [5, 5.41) is 5.88. The maximum Gasteiger partial charge on any atom is 0.573 e. The third kappa shape index (κ3) is 6.20. The molecular weight excluding hydrogens is 355 g/mol. The van der Waals surface area contributed by atoms with Crippen molar-refractivity contribution < 1.29 is 22.7 Å². The van der Waals surface area contributed by atoms with Crippen molar-refractivity contribution in [1.82, 2.24) is 10.3 Å². The number of benzene rings is 1. The molecule has 0 atom stereocenters. The summed E-state index contributed by atoms with van der Waals surface area (Å²) in [5.74, 6) is -0.581. The molecule has 2 aromatic rings. The first-order valence-corrected chi connectivity index (χ1v) is 7.24. The lowest BCUT2D eigenvalue weighted by Crippen LogP contribution is -2.32. The predicted molar refractivity (Wildman–Crippen MR) is 85.3 cm³/mol. The number of ether oxygens (including phenoxy) is 1. The molecule has 128 valence electrons. The minimum atomic E-state index is -4.74. The van der Waals surface area contributed by atoms with Gasteiger partial charge in [-0.2, -0.15) is 0 Å². The highest BCUT2D eigenvalue weighted by Gasteiger charge is 2.31. The van der Waals surface area contributed by atoms with Crippen LogP contribution < -0.4 is 15.4 Å². The van der Waals surface area contributed by atoms with E-state index in [9.17, 15) is 18.0 Å². The molecular formula is C13H15ClF3N3O2S. The van der Waals surface area contributed by atoms with Gasteiger partial charge in [0.2, 0.25) is 5.91 Å². The number of carbonyl (C=O) groups is 1. The molecule has 0 aliphatic heterocycles. The Balaban J connectivity index is 0.00000264. The van der Waals surface area contributed by atoms with Gasteiger partial charge < -0.3 is 15.4 Å². The normalized spacial score (nSPS) is 11.4. The average Bonchev–Trinajstić information content (AvgIpc) is 2.75. The summed E-state index contributed by atoms with van der Waals surface area (Å²) < 4.78 is 40.9. The number of amides is 1. The lowest BCUT2D eigenvalue weighted by Gasteiger charge is -2.07. The number of hydrogen-bond donors (Lipinski definition) is 2. The van der Waals surface area contributed by atoms with Gasteiger partial charge in [-0.05, 0) is 12.1 Å². The first kappa shape index (κ1) is 19.5. The topological polar surface area (TPSA) is 63.2 Å². The minimum Gasteiger partial charge on any atom is -0.406 e. The number of thiazole rings is 1. The van der Waals surface area contributed by atoms with Gasteiger partial charge in [0.25, 0.3) is 0 Å². The summed E-state index contributed by atoms with van der Waals surface area (Å²) in [6, 6.07) is 4.00. The Hall–Kier alpha value is -1.58. The van der Waals surface area contributed by atoms with Crippen LogP contribution in [0.2, 0.25) is 0 Å². The van der Waals surface area contributed by atoms with Crippen LogP contribution in [-0.4, -0.2) is 29.8 Å². The summed E-state index contributed by atoms with van der Waals surface area (Å²) in [4.78, 5) is 15.8. The Labute approximate surface area is 140 Å². The van der Waals surface area contributed by atoms with Gasteiger partial charge in [-0.15, -0.1) is 25.6 Å². The van der Waals surface area contributed by atoms with E-state index in [0.717, 1.165) is 11.3 Å². The molecule has 0 aliphatic carbocycles. The van der Waals surface area contributed by atoms with E-state index in [0.29, 0.717) is 15.3 Å². The molecule has 0 fully saturated rings. The van der Waals surface area contributed by atoms with E-state index in [1.165, 1.54) is 18.2 Å². The Morgan fingerprint density at radius 1 is 1.39 bits per heavy atom. The molecule has 0 aliphatic rings. The molecule has 10 heteroatoms. The van der Waals surface area contributed by atoms with E-state index in [1.807, 2.05) is 13.8 Å². The van der Waals surface area contributed by atoms with Crippen molar-refractivity contribution in [2.24, 2.45) is 0 Å². The molecule has 0 bridgehead atoms. The van der Waals surface area contributed by atoms with E-state index in [-0.39, 0.29) is 36.7 Å². The van der Waals surface area contributed by atoms with Crippen molar-refractivity contribution >= 4 is 45.0 Å². The molecule has 23 heavy (non-hydrogen) atoms. The molecule has 1 aromatic carbocycles. The molecule has 0 radical (unpaired) electrons. The van der Waals surface area contributed by atoms with Gasteiger partial charge in [-0.1, -0.05) is 25.2 Å². The van der Waals surface area contributed by atoms with Crippen LogP contribution in [0.25, 0.3) is 10.2 Å². The third-order valence-electron chi connectivity index (χ3n) is 2.51. The van der Waals surface area contributed by atoms with Crippen LogP contribution in [0.3, 0.4) is 0 Å². The van der Waals surface area contributed by atoms with Gasteiger partial charge >= 0.3 is 6.36 Å². The zero-order valence-corrected chi connectivity index (χ0v) is 13.9. The van der Waals surface area contributed by atoms with Gasteiger partial charge in [0.1, 0.15) is 5.75 Å². The lowest BCUT2D eigenvalue weighted by molar-refractivity contribution is -0.274. The van der Waals surface area contributed by atoms with Gasteiger partial charge in [0.15, 0.2) is 5.13 Å². The van der Waals surface area contributed by atoms with Crippen molar-refractivity contribution in [3.05, 3.63) is 18.2 Å². The molecule has 1 amide bonds. The van der Waals surface area contributed by atoms with Crippen molar-refractivity contribution in [2.45, 2.75) is 26.3 Å². The quantitative estimate of drug-likeness (QED) is 0.846. The summed E-state index contributed by atoms with van der Waals surface area (Å²) >= 11 is 1.08. The number of hydrogen-bond acceptors (Lipinski definition) is 5. The number of nitrogens with zero attached hydrogens (tertiary/aromatic N) is 1. The first-order chi connectivity index (χ1) is 10.2. The van der Waals surface area contributed by atoms with E-state index < -0.39 is 6.36 Å². The number of carbonyl (C=O) groups excluding carboxylic acids is 1. The number of alkyl halides is 3. The summed E-state index contributed by atoms with van der Waals surface area (Å²) in [7, 11) is 0. The standard InChI is InChI=1S/C13H14F3N3O2S.ClH/c1-7(2)17-6-11(20)19-12-18-9-4-3-8(5-10(9)22-12)21-13(14,15)16;/h3-5,7,17H,6H2,1-2H3,(H,18,19,20);1H. The van der Waals surface area contributed by atoms with Crippen LogP contribution in [0, 0.1) is 0 Å². The van der Waals surface area contributed by atoms with E-state index in [4.69, 9.17) is 0 Å². The molecule has 0 saturated heterocycles. The van der Waals surface area contributed by atoms with Gasteiger partial charge in [0.05, 0.1) is 16.8 Å². The van der Waals surface area contributed by atoms with Crippen LogP contribution in [0.4, 0.5) is 18.3 Å². The maximum atomic E-state index is 12.2. The second-order valence-corrected chi connectivity index (χ2v) is 5.81. The highest BCUT2D eigenvalue weighted by molar-refractivity contribution is 7.22. The number of halogens is 4. The van der Waals surface area contributed by atoms with Crippen LogP contribution in [-0.2, 0) is 4.79 Å². The van der Waals surface area contributed by atoms with E-state index >= 15 is 0 Å². The minimum absolute atomic E-state index is 0. The molecule has 0 spiro atoms. The number of anilines is 1. The summed E-state index contributed by atoms with van der Waals surface area (Å²) in [6.45, 7) is 3.95. The fourth-order valence-corrected chi connectivity index (χ4v) is 2.53. The summed E-state index contributed by atoms with van der Waals surface area (Å²) in [6.07, 6.45) is -4.74. The van der Waals surface area contributed by atoms with E-state index in [1.54, 1.807) is 0 Å². The molecule has 1 aromatic heterocycles. The lowest BCUT2D eigenvalue weighted by atomic mass is 10.3. The molecule has 2 N–H and O–H groups in total. The van der Waals surface area contributed by atoms with Crippen molar-refractivity contribution in [1.29, 1.82) is 0 Å². The fourth-order valence-electron chi connectivity index (χ4n) is 1.62. The molecule has 5 nitrogen and oxygen atoms in total.